The lowest BCUT2D eigenvalue weighted by molar-refractivity contribution is 0.0592. The number of rotatable bonds is 3. The van der Waals surface area contributed by atoms with Gasteiger partial charge in [-0.3, -0.25) is 4.57 Å². The van der Waals surface area contributed by atoms with Gasteiger partial charge in [0.25, 0.3) is 0 Å². The summed E-state index contributed by atoms with van der Waals surface area (Å²) in [7, 11) is 0. The summed E-state index contributed by atoms with van der Waals surface area (Å²) in [6, 6.07) is 7.54. The Morgan fingerprint density at radius 2 is 2.17 bits per heavy atom. The van der Waals surface area contributed by atoms with Gasteiger partial charge in [0, 0.05) is 11.1 Å². The zero-order valence-electron chi connectivity index (χ0n) is 12.0. The van der Waals surface area contributed by atoms with Crippen molar-refractivity contribution in [2.45, 2.75) is 19.1 Å². The van der Waals surface area contributed by atoms with Crippen molar-refractivity contribution in [2.75, 3.05) is 11.9 Å². The van der Waals surface area contributed by atoms with E-state index < -0.39 is 6.08 Å². The van der Waals surface area contributed by atoms with E-state index in [-0.39, 0.29) is 6.23 Å². The van der Waals surface area contributed by atoms with Crippen molar-refractivity contribution < 1.29 is 9.13 Å². The van der Waals surface area contributed by atoms with Crippen molar-refractivity contribution in [3.8, 4) is 0 Å². The zero-order valence-corrected chi connectivity index (χ0v) is 13.6. The summed E-state index contributed by atoms with van der Waals surface area (Å²) in [5.74, 6) is 0.330. The van der Waals surface area contributed by atoms with E-state index in [2.05, 4.69) is 36.2 Å². The number of nitrogens with zero attached hydrogens (tertiary/aromatic N) is 4. The van der Waals surface area contributed by atoms with Crippen LogP contribution in [0.3, 0.4) is 0 Å². The number of hydrogen-bond acceptors (Lipinski definition) is 5. The van der Waals surface area contributed by atoms with Crippen LogP contribution in [0.25, 0.3) is 11.2 Å². The molecule has 0 radical (unpaired) electrons. The first-order chi connectivity index (χ1) is 11.2. The SMILES string of the molecule is Fc1nc(Nc2ccccc2Br)c2ncn(C3CCCO3)c2n1. The van der Waals surface area contributed by atoms with Crippen molar-refractivity contribution in [3.63, 3.8) is 0 Å². The van der Waals surface area contributed by atoms with E-state index in [9.17, 15) is 4.39 Å². The standard InChI is InChI=1S/C15H13BrFN5O/c16-9-4-1-2-5-10(9)19-13-12-14(21-15(17)20-13)22(8-18-12)11-6-3-7-23-11/h1-2,4-5,8,11H,3,6-7H2,(H,19,20,21). The molecule has 1 fully saturated rings. The fourth-order valence-corrected chi connectivity index (χ4v) is 3.04. The first-order valence-electron chi connectivity index (χ1n) is 7.25. The molecular formula is C15H13BrFN5O. The predicted molar refractivity (Wildman–Crippen MR) is 86.9 cm³/mol. The van der Waals surface area contributed by atoms with Crippen LogP contribution in [0.15, 0.2) is 35.1 Å². The van der Waals surface area contributed by atoms with E-state index in [1.165, 1.54) is 0 Å². The molecule has 0 saturated carbocycles. The lowest BCUT2D eigenvalue weighted by Gasteiger charge is -2.12. The number of ether oxygens (including phenoxy) is 1. The molecule has 23 heavy (non-hydrogen) atoms. The van der Waals surface area contributed by atoms with Crippen LogP contribution in [0.5, 0.6) is 0 Å². The molecule has 1 saturated heterocycles. The Kier molecular flexibility index (Phi) is 3.70. The monoisotopic (exact) mass is 377 g/mol. The lowest BCUT2D eigenvalue weighted by Crippen LogP contribution is -2.08. The largest absolute Gasteiger partial charge is 0.358 e. The fraction of sp³-hybridized carbons (Fsp3) is 0.267. The molecule has 1 aromatic carbocycles. The third-order valence-corrected chi connectivity index (χ3v) is 4.43. The first kappa shape index (κ1) is 14.5. The maximum atomic E-state index is 13.9. The highest BCUT2D eigenvalue weighted by Gasteiger charge is 2.22. The maximum Gasteiger partial charge on any atom is 0.312 e. The van der Waals surface area contributed by atoms with Crippen LogP contribution in [-0.2, 0) is 4.74 Å². The summed E-state index contributed by atoms with van der Waals surface area (Å²) in [6.07, 6.45) is 2.52. The van der Waals surface area contributed by atoms with Gasteiger partial charge in [0.1, 0.15) is 6.23 Å². The van der Waals surface area contributed by atoms with Crippen molar-refractivity contribution in [1.29, 1.82) is 0 Å². The summed E-state index contributed by atoms with van der Waals surface area (Å²) in [5.41, 5.74) is 1.72. The second-order valence-corrected chi connectivity index (χ2v) is 6.09. The summed E-state index contributed by atoms with van der Waals surface area (Å²) in [5, 5.41) is 3.11. The van der Waals surface area contributed by atoms with Crippen LogP contribution in [0, 0.1) is 6.08 Å². The van der Waals surface area contributed by atoms with Crippen LogP contribution < -0.4 is 5.32 Å². The summed E-state index contributed by atoms with van der Waals surface area (Å²) < 4.78 is 22.1. The van der Waals surface area contributed by atoms with E-state index >= 15 is 0 Å². The Morgan fingerprint density at radius 3 is 2.96 bits per heavy atom. The molecule has 3 aromatic rings. The second kappa shape index (κ2) is 5.86. The van der Waals surface area contributed by atoms with Crippen molar-refractivity contribution >= 4 is 38.6 Å². The molecule has 0 spiro atoms. The molecule has 2 aromatic heterocycles. The molecule has 6 nitrogen and oxygen atoms in total. The molecular weight excluding hydrogens is 365 g/mol. The Labute approximate surface area is 139 Å². The van der Waals surface area contributed by atoms with Gasteiger partial charge in [0.05, 0.1) is 12.0 Å². The lowest BCUT2D eigenvalue weighted by atomic mass is 10.3. The van der Waals surface area contributed by atoms with Crippen molar-refractivity contribution in [1.82, 2.24) is 19.5 Å². The topological polar surface area (TPSA) is 64.9 Å². The zero-order chi connectivity index (χ0) is 15.8. The Bertz CT molecular complexity index is 862. The van der Waals surface area contributed by atoms with Crippen LogP contribution in [0.1, 0.15) is 19.1 Å². The number of aromatic nitrogens is 4. The van der Waals surface area contributed by atoms with Crippen LogP contribution in [0.4, 0.5) is 15.9 Å². The van der Waals surface area contributed by atoms with E-state index in [0.29, 0.717) is 23.6 Å². The molecule has 8 heteroatoms. The highest BCUT2D eigenvalue weighted by atomic mass is 79.9. The molecule has 1 unspecified atom stereocenters. The highest BCUT2D eigenvalue weighted by Crippen LogP contribution is 2.30. The van der Waals surface area contributed by atoms with E-state index in [1.54, 1.807) is 10.9 Å². The van der Waals surface area contributed by atoms with Crippen molar-refractivity contribution in [3.05, 3.63) is 41.1 Å². The average Bonchev–Trinajstić information content (AvgIpc) is 3.18. The molecule has 1 atom stereocenters. The number of halogens is 2. The number of benzene rings is 1. The number of imidazole rings is 1. The van der Waals surface area contributed by atoms with Gasteiger partial charge >= 0.3 is 6.08 Å². The van der Waals surface area contributed by atoms with Gasteiger partial charge in [-0.2, -0.15) is 14.4 Å². The molecule has 1 aliphatic heterocycles. The van der Waals surface area contributed by atoms with Gasteiger partial charge in [-0.25, -0.2) is 4.98 Å². The molecule has 118 valence electrons. The molecule has 4 rings (SSSR count). The van der Waals surface area contributed by atoms with E-state index in [0.717, 1.165) is 23.0 Å². The van der Waals surface area contributed by atoms with Gasteiger partial charge in [-0.1, -0.05) is 12.1 Å². The Morgan fingerprint density at radius 1 is 1.30 bits per heavy atom. The Balaban J connectivity index is 1.79. The molecule has 0 bridgehead atoms. The van der Waals surface area contributed by atoms with Gasteiger partial charge in [-0.15, -0.1) is 0 Å². The molecule has 3 heterocycles. The van der Waals surface area contributed by atoms with Gasteiger partial charge in [0.15, 0.2) is 17.0 Å². The quantitative estimate of drug-likeness (QED) is 0.703. The van der Waals surface area contributed by atoms with E-state index in [1.807, 2.05) is 24.3 Å². The molecule has 0 aliphatic carbocycles. The number of anilines is 2. The Hall–Kier alpha value is -2.06. The minimum atomic E-state index is -0.799. The third kappa shape index (κ3) is 2.68. The molecule has 1 aliphatic rings. The fourth-order valence-electron chi connectivity index (χ4n) is 2.66. The van der Waals surface area contributed by atoms with Crippen LogP contribution >= 0.6 is 15.9 Å². The summed E-state index contributed by atoms with van der Waals surface area (Å²) in [4.78, 5) is 12.1. The second-order valence-electron chi connectivity index (χ2n) is 5.24. The minimum Gasteiger partial charge on any atom is -0.358 e. The third-order valence-electron chi connectivity index (χ3n) is 3.74. The van der Waals surface area contributed by atoms with Gasteiger partial charge in [0.2, 0.25) is 0 Å². The number of hydrogen-bond donors (Lipinski definition) is 1. The summed E-state index contributed by atoms with van der Waals surface area (Å²) in [6.45, 7) is 0.694. The number of fused-ring (bicyclic) bond motifs is 1. The average molecular weight is 378 g/mol. The van der Waals surface area contributed by atoms with Crippen LogP contribution in [-0.4, -0.2) is 26.1 Å². The number of nitrogens with one attached hydrogen (secondary N) is 1. The van der Waals surface area contributed by atoms with Crippen LogP contribution in [0.2, 0.25) is 0 Å². The predicted octanol–water partition coefficient (Wildman–Crippen LogP) is 3.78. The first-order valence-corrected chi connectivity index (χ1v) is 8.05. The normalized spacial score (nSPS) is 17.7. The maximum absolute atomic E-state index is 13.9. The van der Waals surface area contributed by atoms with E-state index in [4.69, 9.17) is 4.74 Å². The smallest absolute Gasteiger partial charge is 0.312 e. The number of para-hydroxylation sites is 1. The minimum absolute atomic E-state index is 0.148. The molecule has 0 amide bonds. The summed E-state index contributed by atoms with van der Waals surface area (Å²) >= 11 is 3.45. The van der Waals surface area contributed by atoms with Gasteiger partial charge < -0.3 is 10.1 Å². The van der Waals surface area contributed by atoms with Gasteiger partial charge in [-0.05, 0) is 40.9 Å². The molecule has 1 N–H and O–H groups in total. The highest BCUT2D eigenvalue weighted by molar-refractivity contribution is 9.10. The van der Waals surface area contributed by atoms with Crippen molar-refractivity contribution in [2.24, 2.45) is 0 Å².